The van der Waals surface area contributed by atoms with E-state index in [2.05, 4.69) is 21.0 Å². The number of hydrogen-bond donors (Lipinski definition) is 1. The smallest absolute Gasteiger partial charge is 0.189 e. The molecule has 0 saturated carbocycles. The number of ether oxygens (including phenoxy) is 1. The average Bonchev–Trinajstić information content (AvgIpc) is 3.06. The molecule has 0 atom stereocenters. The summed E-state index contributed by atoms with van der Waals surface area (Å²) < 4.78 is 20.6. The van der Waals surface area contributed by atoms with Gasteiger partial charge in [-0.3, -0.25) is 4.79 Å². The molecule has 1 N–H and O–H groups in total. The number of allylic oxidation sites excluding steroid dienone is 1. The SMILES string of the molecule is CCOc1cc(/C=C/C(=O)c2cnn(-c3ccc(F)cc3)c2C)cc(Br)c1O. The summed E-state index contributed by atoms with van der Waals surface area (Å²) >= 11 is 3.28. The molecule has 3 aromatic rings. The highest BCUT2D eigenvalue weighted by molar-refractivity contribution is 9.10. The van der Waals surface area contributed by atoms with Gasteiger partial charge in [-0.1, -0.05) is 6.08 Å². The molecule has 0 amide bonds. The van der Waals surface area contributed by atoms with Crippen LogP contribution in [0.2, 0.25) is 0 Å². The van der Waals surface area contributed by atoms with Crippen molar-refractivity contribution in [2.45, 2.75) is 13.8 Å². The first-order chi connectivity index (χ1) is 13.4. The predicted molar refractivity (Wildman–Crippen MR) is 109 cm³/mol. The molecular weight excluding hydrogens is 427 g/mol. The number of nitrogens with zero attached hydrogens (tertiary/aromatic N) is 2. The quantitative estimate of drug-likeness (QED) is 0.425. The minimum atomic E-state index is -0.334. The van der Waals surface area contributed by atoms with Gasteiger partial charge in [-0.2, -0.15) is 5.10 Å². The molecule has 28 heavy (non-hydrogen) atoms. The Bertz CT molecular complexity index is 1040. The highest BCUT2D eigenvalue weighted by Crippen LogP contribution is 2.35. The van der Waals surface area contributed by atoms with Crippen molar-refractivity contribution < 1.29 is 19.0 Å². The first kappa shape index (κ1) is 19.8. The van der Waals surface area contributed by atoms with Crippen molar-refractivity contribution in [3.63, 3.8) is 0 Å². The van der Waals surface area contributed by atoms with E-state index in [-0.39, 0.29) is 17.3 Å². The lowest BCUT2D eigenvalue weighted by Gasteiger charge is -2.08. The van der Waals surface area contributed by atoms with Crippen LogP contribution in [0.5, 0.6) is 11.5 Å². The fourth-order valence-electron chi connectivity index (χ4n) is 2.71. The zero-order valence-electron chi connectivity index (χ0n) is 15.3. The molecule has 0 saturated heterocycles. The fraction of sp³-hybridized carbons (Fsp3) is 0.143. The van der Waals surface area contributed by atoms with Crippen LogP contribution in [0.25, 0.3) is 11.8 Å². The van der Waals surface area contributed by atoms with Gasteiger partial charge in [0.15, 0.2) is 17.3 Å². The molecule has 0 unspecified atom stereocenters. The maximum absolute atomic E-state index is 13.1. The molecule has 1 aromatic heterocycles. The molecule has 144 valence electrons. The van der Waals surface area contributed by atoms with Gasteiger partial charge in [0, 0.05) is 0 Å². The van der Waals surface area contributed by atoms with Crippen LogP contribution < -0.4 is 4.74 Å². The molecular formula is C21H18BrFN2O3. The number of hydrogen-bond acceptors (Lipinski definition) is 4. The molecule has 5 nitrogen and oxygen atoms in total. The fourth-order valence-corrected chi connectivity index (χ4v) is 3.17. The lowest BCUT2D eigenvalue weighted by molar-refractivity contribution is 0.104. The number of phenolic OH excluding ortho intramolecular Hbond substituents is 1. The molecule has 3 rings (SSSR count). The Morgan fingerprint density at radius 3 is 2.71 bits per heavy atom. The second-order valence-electron chi connectivity index (χ2n) is 6.01. The van der Waals surface area contributed by atoms with E-state index in [0.717, 1.165) is 0 Å². The Hall–Kier alpha value is -2.93. The van der Waals surface area contributed by atoms with Crippen molar-refractivity contribution in [3.05, 3.63) is 75.8 Å². The van der Waals surface area contributed by atoms with E-state index in [0.29, 0.717) is 39.3 Å². The Morgan fingerprint density at radius 1 is 1.32 bits per heavy atom. The van der Waals surface area contributed by atoms with Crippen LogP contribution in [0.3, 0.4) is 0 Å². The number of aromatic hydroxyl groups is 1. The summed E-state index contributed by atoms with van der Waals surface area (Å²) in [4.78, 5) is 12.6. The summed E-state index contributed by atoms with van der Waals surface area (Å²) in [7, 11) is 0. The van der Waals surface area contributed by atoms with Gasteiger partial charge >= 0.3 is 0 Å². The number of carbonyl (C=O) groups is 1. The van der Waals surface area contributed by atoms with Crippen molar-refractivity contribution >= 4 is 27.8 Å². The van der Waals surface area contributed by atoms with Crippen LogP contribution in [-0.2, 0) is 0 Å². The van der Waals surface area contributed by atoms with Gasteiger partial charge in [0.25, 0.3) is 0 Å². The lowest BCUT2D eigenvalue weighted by atomic mass is 10.1. The first-order valence-electron chi connectivity index (χ1n) is 8.59. The number of benzene rings is 2. The summed E-state index contributed by atoms with van der Waals surface area (Å²) in [5.41, 5.74) is 2.47. The van der Waals surface area contributed by atoms with Gasteiger partial charge in [0.2, 0.25) is 0 Å². The summed E-state index contributed by atoms with van der Waals surface area (Å²) in [6, 6.07) is 9.23. The molecule has 0 aliphatic rings. The monoisotopic (exact) mass is 444 g/mol. The van der Waals surface area contributed by atoms with Gasteiger partial charge < -0.3 is 9.84 Å². The van der Waals surface area contributed by atoms with E-state index >= 15 is 0 Å². The second-order valence-corrected chi connectivity index (χ2v) is 6.87. The third kappa shape index (κ3) is 4.14. The van der Waals surface area contributed by atoms with E-state index in [9.17, 15) is 14.3 Å². The average molecular weight is 445 g/mol. The molecule has 0 bridgehead atoms. The first-order valence-corrected chi connectivity index (χ1v) is 9.38. The minimum absolute atomic E-state index is 0.0155. The standard InChI is InChI=1S/C21H18BrFN2O3/c1-3-28-20-11-14(10-18(22)21(20)27)4-9-19(26)17-12-24-25(13(17)2)16-7-5-15(23)6-8-16/h4-12,27H,3H2,1-2H3/b9-4+. The number of phenols is 1. The highest BCUT2D eigenvalue weighted by Gasteiger charge is 2.14. The second kappa shape index (κ2) is 8.39. The van der Waals surface area contributed by atoms with Gasteiger partial charge in [-0.15, -0.1) is 0 Å². The minimum Gasteiger partial charge on any atom is -0.503 e. The van der Waals surface area contributed by atoms with Crippen LogP contribution >= 0.6 is 15.9 Å². The van der Waals surface area contributed by atoms with E-state index in [1.165, 1.54) is 24.4 Å². The number of carbonyl (C=O) groups excluding carboxylic acids is 1. The third-order valence-electron chi connectivity index (χ3n) is 4.12. The number of ketones is 1. The molecule has 0 aliphatic carbocycles. The van der Waals surface area contributed by atoms with Crippen molar-refractivity contribution in [2.24, 2.45) is 0 Å². The summed E-state index contributed by atoms with van der Waals surface area (Å²) in [5.74, 6) is -0.196. The predicted octanol–water partition coefficient (Wildman–Crippen LogP) is 5.08. The number of aromatic nitrogens is 2. The molecule has 0 fully saturated rings. The van der Waals surface area contributed by atoms with Crippen molar-refractivity contribution in [2.75, 3.05) is 6.61 Å². The zero-order chi connectivity index (χ0) is 20.3. The van der Waals surface area contributed by atoms with Crippen molar-refractivity contribution in [3.8, 4) is 17.2 Å². The largest absolute Gasteiger partial charge is 0.503 e. The van der Waals surface area contributed by atoms with Crippen LogP contribution in [-0.4, -0.2) is 27.3 Å². The summed E-state index contributed by atoms with van der Waals surface area (Å²) in [5, 5.41) is 14.2. The summed E-state index contributed by atoms with van der Waals surface area (Å²) in [6.07, 6.45) is 4.57. The molecule has 0 radical (unpaired) electrons. The van der Waals surface area contributed by atoms with Crippen LogP contribution in [0.4, 0.5) is 4.39 Å². The van der Waals surface area contributed by atoms with E-state index in [4.69, 9.17) is 4.74 Å². The van der Waals surface area contributed by atoms with Gasteiger partial charge in [-0.25, -0.2) is 9.07 Å². The molecule has 1 heterocycles. The van der Waals surface area contributed by atoms with Gasteiger partial charge in [0.05, 0.1) is 34.2 Å². The maximum Gasteiger partial charge on any atom is 0.189 e. The van der Waals surface area contributed by atoms with Gasteiger partial charge in [-0.05, 0) is 77.8 Å². The lowest BCUT2D eigenvalue weighted by Crippen LogP contribution is -2.01. The Morgan fingerprint density at radius 2 is 2.04 bits per heavy atom. The molecule has 0 spiro atoms. The zero-order valence-corrected chi connectivity index (χ0v) is 16.9. The number of rotatable bonds is 6. The highest BCUT2D eigenvalue weighted by atomic mass is 79.9. The van der Waals surface area contributed by atoms with Crippen LogP contribution in [0.1, 0.15) is 28.5 Å². The van der Waals surface area contributed by atoms with Crippen molar-refractivity contribution in [1.29, 1.82) is 0 Å². The topological polar surface area (TPSA) is 64.3 Å². The van der Waals surface area contributed by atoms with Crippen molar-refractivity contribution in [1.82, 2.24) is 9.78 Å². The normalized spacial score (nSPS) is 11.1. The summed E-state index contributed by atoms with van der Waals surface area (Å²) in [6.45, 7) is 4.01. The third-order valence-corrected chi connectivity index (χ3v) is 4.73. The van der Waals surface area contributed by atoms with E-state index in [1.54, 1.807) is 41.9 Å². The Labute approximate surface area is 170 Å². The molecule has 7 heteroatoms. The van der Waals surface area contributed by atoms with Crippen LogP contribution in [0, 0.1) is 12.7 Å². The Kier molecular flexibility index (Phi) is 5.94. The number of halogens is 2. The van der Waals surface area contributed by atoms with E-state index < -0.39 is 0 Å². The maximum atomic E-state index is 13.1. The Balaban J connectivity index is 1.85. The van der Waals surface area contributed by atoms with Crippen LogP contribution in [0.15, 0.2) is 53.1 Å². The van der Waals surface area contributed by atoms with E-state index in [1.807, 2.05) is 6.92 Å². The van der Waals surface area contributed by atoms with Gasteiger partial charge in [0.1, 0.15) is 5.82 Å². The molecule has 0 aliphatic heterocycles. The molecule has 2 aromatic carbocycles.